The summed E-state index contributed by atoms with van der Waals surface area (Å²) in [7, 11) is 0. The number of hydrogen-bond donors (Lipinski definition) is 1. The fraction of sp³-hybridized carbons (Fsp3) is 0.214. The summed E-state index contributed by atoms with van der Waals surface area (Å²) < 4.78 is 6.94. The van der Waals surface area contributed by atoms with Gasteiger partial charge in [0.15, 0.2) is 5.76 Å². The third kappa shape index (κ3) is 2.60. The number of aliphatic hydroxyl groups is 1. The number of nitrogens with zero attached hydrogens (tertiary/aromatic N) is 4. The highest BCUT2D eigenvalue weighted by Gasteiger charge is 2.10. The van der Waals surface area contributed by atoms with Crippen molar-refractivity contribution in [1.82, 2.24) is 20.2 Å². The van der Waals surface area contributed by atoms with Gasteiger partial charge in [0, 0.05) is 11.6 Å². The molecule has 0 radical (unpaired) electrons. The van der Waals surface area contributed by atoms with Crippen LogP contribution < -0.4 is 0 Å². The first-order chi connectivity index (χ1) is 9.72. The number of benzene rings is 1. The number of hydrogen-bond acceptors (Lipinski definition) is 5. The molecule has 3 aromatic rings. The summed E-state index contributed by atoms with van der Waals surface area (Å²) in [6, 6.07) is 11.6. The molecule has 0 spiro atoms. The summed E-state index contributed by atoms with van der Waals surface area (Å²) in [6.07, 6.45) is 1.07. The first-order valence-electron chi connectivity index (χ1n) is 6.31. The Morgan fingerprint density at radius 2 is 2.10 bits per heavy atom. The molecule has 2 heterocycles. The Balaban J connectivity index is 1.77. The third-order valence-corrected chi connectivity index (χ3v) is 2.93. The van der Waals surface area contributed by atoms with Gasteiger partial charge in [-0.1, -0.05) is 40.7 Å². The standard InChI is InChI=1S/C14H14N4O2/c1-10(19)13-9-18(17-15-13)8-12-7-14(20-16-12)11-5-3-2-4-6-11/h2-7,9-10,19H,8H2,1H3. The van der Waals surface area contributed by atoms with Crippen LogP contribution >= 0.6 is 0 Å². The van der Waals surface area contributed by atoms with Crippen molar-refractivity contribution in [2.75, 3.05) is 0 Å². The summed E-state index contributed by atoms with van der Waals surface area (Å²) in [5.41, 5.74) is 2.28. The molecule has 1 aromatic carbocycles. The van der Waals surface area contributed by atoms with Gasteiger partial charge in [-0.3, -0.25) is 0 Å². The summed E-state index contributed by atoms with van der Waals surface area (Å²) >= 11 is 0. The van der Waals surface area contributed by atoms with E-state index in [1.54, 1.807) is 17.8 Å². The first-order valence-corrected chi connectivity index (χ1v) is 6.31. The van der Waals surface area contributed by atoms with Crippen molar-refractivity contribution in [3.63, 3.8) is 0 Å². The van der Waals surface area contributed by atoms with Crippen LogP contribution in [-0.4, -0.2) is 25.3 Å². The van der Waals surface area contributed by atoms with Crippen LogP contribution in [0.2, 0.25) is 0 Å². The van der Waals surface area contributed by atoms with Crippen LogP contribution in [0.25, 0.3) is 11.3 Å². The van der Waals surface area contributed by atoms with E-state index < -0.39 is 6.10 Å². The molecule has 0 saturated carbocycles. The van der Waals surface area contributed by atoms with Gasteiger partial charge in [0.05, 0.1) is 18.8 Å². The Hall–Kier alpha value is -2.47. The van der Waals surface area contributed by atoms with Crippen molar-refractivity contribution in [3.8, 4) is 11.3 Å². The predicted octanol–water partition coefficient (Wildman–Crippen LogP) is 2.03. The Kier molecular flexibility index (Phi) is 3.30. The first kappa shape index (κ1) is 12.6. The number of rotatable bonds is 4. The van der Waals surface area contributed by atoms with Gasteiger partial charge >= 0.3 is 0 Å². The zero-order valence-electron chi connectivity index (χ0n) is 11.0. The van der Waals surface area contributed by atoms with Gasteiger partial charge in [0.1, 0.15) is 11.4 Å². The summed E-state index contributed by atoms with van der Waals surface area (Å²) in [6.45, 7) is 2.11. The molecule has 20 heavy (non-hydrogen) atoms. The topological polar surface area (TPSA) is 77.0 Å². The van der Waals surface area contributed by atoms with Crippen molar-refractivity contribution < 1.29 is 9.63 Å². The van der Waals surface area contributed by atoms with Crippen LogP contribution in [0.15, 0.2) is 47.1 Å². The summed E-state index contributed by atoms with van der Waals surface area (Å²) in [4.78, 5) is 0. The highest BCUT2D eigenvalue weighted by Crippen LogP contribution is 2.20. The second-order valence-electron chi connectivity index (χ2n) is 4.57. The van der Waals surface area contributed by atoms with E-state index in [0.717, 1.165) is 17.0 Å². The van der Waals surface area contributed by atoms with E-state index in [9.17, 15) is 5.11 Å². The van der Waals surface area contributed by atoms with E-state index in [1.165, 1.54) is 0 Å². The fourth-order valence-corrected chi connectivity index (χ4v) is 1.87. The predicted molar refractivity (Wildman–Crippen MR) is 71.7 cm³/mol. The van der Waals surface area contributed by atoms with Crippen LogP contribution in [0.4, 0.5) is 0 Å². The van der Waals surface area contributed by atoms with Crippen LogP contribution in [-0.2, 0) is 6.54 Å². The summed E-state index contributed by atoms with van der Waals surface area (Å²) in [5, 5.41) is 21.2. The lowest BCUT2D eigenvalue weighted by Gasteiger charge is -1.95. The van der Waals surface area contributed by atoms with Gasteiger partial charge in [-0.05, 0) is 6.92 Å². The highest BCUT2D eigenvalue weighted by atomic mass is 16.5. The minimum absolute atomic E-state index is 0.454. The smallest absolute Gasteiger partial charge is 0.167 e. The van der Waals surface area contributed by atoms with Crippen molar-refractivity contribution in [3.05, 3.63) is 54.0 Å². The molecule has 2 aromatic heterocycles. The van der Waals surface area contributed by atoms with E-state index >= 15 is 0 Å². The van der Waals surface area contributed by atoms with E-state index in [2.05, 4.69) is 15.5 Å². The largest absolute Gasteiger partial charge is 0.387 e. The van der Waals surface area contributed by atoms with E-state index in [0.29, 0.717) is 12.2 Å². The van der Waals surface area contributed by atoms with Gasteiger partial charge in [-0.25, -0.2) is 4.68 Å². The Morgan fingerprint density at radius 3 is 2.80 bits per heavy atom. The molecule has 0 amide bonds. The van der Waals surface area contributed by atoms with Gasteiger partial charge in [0.25, 0.3) is 0 Å². The van der Waals surface area contributed by atoms with Crippen LogP contribution in [0, 0.1) is 0 Å². The fourth-order valence-electron chi connectivity index (χ4n) is 1.87. The van der Waals surface area contributed by atoms with Gasteiger partial charge in [0.2, 0.25) is 0 Å². The van der Waals surface area contributed by atoms with E-state index in [4.69, 9.17) is 4.52 Å². The quantitative estimate of drug-likeness (QED) is 0.785. The molecule has 0 aliphatic rings. The lowest BCUT2D eigenvalue weighted by molar-refractivity contribution is 0.194. The Labute approximate surface area is 115 Å². The molecule has 6 heteroatoms. The molecular weight excluding hydrogens is 256 g/mol. The van der Waals surface area contributed by atoms with Gasteiger partial charge in [-0.15, -0.1) is 5.10 Å². The van der Waals surface area contributed by atoms with E-state index in [-0.39, 0.29) is 0 Å². The average molecular weight is 270 g/mol. The van der Waals surface area contributed by atoms with Crippen molar-refractivity contribution in [2.24, 2.45) is 0 Å². The zero-order chi connectivity index (χ0) is 13.9. The average Bonchev–Trinajstić information content (AvgIpc) is 3.10. The molecule has 1 unspecified atom stereocenters. The van der Waals surface area contributed by atoms with Crippen molar-refractivity contribution >= 4 is 0 Å². The van der Waals surface area contributed by atoms with E-state index in [1.807, 2.05) is 36.4 Å². The Bertz CT molecular complexity index is 688. The number of aliphatic hydroxyl groups excluding tert-OH is 1. The molecule has 6 nitrogen and oxygen atoms in total. The normalized spacial score (nSPS) is 12.5. The molecule has 1 N–H and O–H groups in total. The van der Waals surface area contributed by atoms with Crippen molar-refractivity contribution in [2.45, 2.75) is 19.6 Å². The molecule has 102 valence electrons. The third-order valence-electron chi connectivity index (χ3n) is 2.93. The number of aromatic nitrogens is 4. The molecule has 1 atom stereocenters. The zero-order valence-corrected chi connectivity index (χ0v) is 11.0. The molecular formula is C14H14N4O2. The molecule has 3 rings (SSSR count). The molecule has 0 saturated heterocycles. The second kappa shape index (κ2) is 5.26. The lowest BCUT2D eigenvalue weighted by atomic mass is 10.2. The maximum absolute atomic E-state index is 9.41. The Morgan fingerprint density at radius 1 is 1.30 bits per heavy atom. The monoisotopic (exact) mass is 270 g/mol. The summed E-state index contributed by atoms with van der Waals surface area (Å²) in [5.74, 6) is 0.719. The van der Waals surface area contributed by atoms with Crippen molar-refractivity contribution in [1.29, 1.82) is 0 Å². The van der Waals surface area contributed by atoms with Gasteiger partial charge < -0.3 is 9.63 Å². The van der Waals surface area contributed by atoms with Crippen LogP contribution in [0.3, 0.4) is 0 Å². The minimum atomic E-state index is -0.624. The molecule has 0 aliphatic heterocycles. The molecule has 0 fully saturated rings. The lowest BCUT2D eigenvalue weighted by Crippen LogP contribution is -2.00. The molecule has 0 bridgehead atoms. The highest BCUT2D eigenvalue weighted by molar-refractivity contribution is 5.56. The minimum Gasteiger partial charge on any atom is -0.387 e. The SMILES string of the molecule is CC(O)c1cn(Cc2cc(-c3ccccc3)on2)nn1. The maximum Gasteiger partial charge on any atom is 0.167 e. The van der Waals surface area contributed by atoms with Gasteiger partial charge in [-0.2, -0.15) is 0 Å². The second-order valence-corrected chi connectivity index (χ2v) is 4.57. The maximum atomic E-state index is 9.41. The van der Waals surface area contributed by atoms with Crippen LogP contribution in [0.5, 0.6) is 0 Å². The van der Waals surface area contributed by atoms with Crippen LogP contribution in [0.1, 0.15) is 24.4 Å². The molecule has 0 aliphatic carbocycles.